The van der Waals surface area contributed by atoms with E-state index in [2.05, 4.69) is 5.32 Å². The van der Waals surface area contributed by atoms with Crippen molar-refractivity contribution in [1.29, 1.82) is 0 Å². The van der Waals surface area contributed by atoms with Crippen LogP contribution in [-0.2, 0) is 14.3 Å². The number of likely N-dealkylation sites (tertiary alicyclic amines) is 1. The van der Waals surface area contributed by atoms with Crippen LogP contribution < -0.4 is 5.32 Å². The van der Waals surface area contributed by atoms with Gasteiger partial charge in [0.2, 0.25) is 11.8 Å². The third kappa shape index (κ3) is 4.31. The molecule has 1 N–H and O–H groups in total. The molecule has 0 bridgehead atoms. The summed E-state index contributed by atoms with van der Waals surface area (Å²) < 4.78 is 4.88. The number of nitrogens with one attached hydrogen (secondary N) is 1. The highest BCUT2D eigenvalue weighted by atomic mass is 16.5. The van der Waals surface area contributed by atoms with Crippen LogP contribution in [0.25, 0.3) is 0 Å². The van der Waals surface area contributed by atoms with Crippen LogP contribution in [0.1, 0.15) is 36.5 Å². The number of amides is 2. The molecule has 0 radical (unpaired) electrons. The Hall–Kier alpha value is -2.37. The van der Waals surface area contributed by atoms with E-state index in [9.17, 15) is 14.4 Å². The van der Waals surface area contributed by atoms with Crippen molar-refractivity contribution in [2.24, 2.45) is 0 Å². The zero-order chi connectivity index (χ0) is 15.9. The van der Waals surface area contributed by atoms with Gasteiger partial charge in [0, 0.05) is 18.8 Å². The van der Waals surface area contributed by atoms with Gasteiger partial charge >= 0.3 is 5.97 Å². The van der Waals surface area contributed by atoms with Gasteiger partial charge in [-0.25, -0.2) is 4.79 Å². The number of rotatable bonds is 5. The third-order valence-electron chi connectivity index (χ3n) is 3.45. The molecular weight excluding hydrogens is 284 g/mol. The molecule has 0 atom stereocenters. The minimum atomic E-state index is -0.399. The van der Waals surface area contributed by atoms with Crippen LogP contribution in [0, 0.1) is 0 Å². The zero-order valence-corrected chi connectivity index (χ0v) is 12.6. The first-order valence-electron chi connectivity index (χ1n) is 7.45. The summed E-state index contributed by atoms with van der Waals surface area (Å²) in [7, 11) is 0. The highest BCUT2D eigenvalue weighted by Crippen LogP contribution is 2.12. The van der Waals surface area contributed by atoms with Gasteiger partial charge in [-0.2, -0.15) is 0 Å². The summed E-state index contributed by atoms with van der Waals surface area (Å²) in [6, 6.07) is 6.39. The van der Waals surface area contributed by atoms with E-state index < -0.39 is 5.97 Å². The van der Waals surface area contributed by atoms with Crippen molar-refractivity contribution in [3.63, 3.8) is 0 Å². The number of carbonyl (C=O) groups excluding carboxylic acids is 3. The molecular formula is C16H20N2O4. The topological polar surface area (TPSA) is 75.7 Å². The van der Waals surface area contributed by atoms with Gasteiger partial charge in [-0.1, -0.05) is 0 Å². The molecule has 6 nitrogen and oxygen atoms in total. The smallest absolute Gasteiger partial charge is 0.338 e. The Kier molecular flexibility index (Phi) is 5.52. The van der Waals surface area contributed by atoms with E-state index >= 15 is 0 Å². The molecule has 2 rings (SSSR count). The molecule has 118 valence electrons. The predicted octanol–water partition coefficient (Wildman–Crippen LogP) is 1.81. The largest absolute Gasteiger partial charge is 0.462 e. The van der Waals surface area contributed by atoms with Crippen molar-refractivity contribution in [2.45, 2.75) is 26.2 Å². The van der Waals surface area contributed by atoms with E-state index in [1.165, 1.54) is 0 Å². The van der Waals surface area contributed by atoms with E-state index in [0.29, 0.717) is 17.9 Å². The van der Waals surface area contributed by atoms with Gasteiger partial charge in [0.05, 0.1) is 12.2 Å². The summed E-state index contributed by atoms with van der Waals surface area (Å²) in [6.07, 6.45) is 1.85. The Bertz CT molecular complexity index is 548. The molecule has 1 aliphatic rings. The van der Waals surface area contributed by atoms with Crippen molar-refractivity contribution in [2.75, 3.05) is 25.0 Å². The fourth-order valence-corrected chi connectivity index (χ4v) is 2.32. The minimum absolute atomic E-state index is 0.141. The molecule has 1 heterocycles. The van der Waals surface area contributed by atoms with Crippen molar-refractivity contribution in [1.82, 2.24) is 4.90 Å². The molecule has 1 saturated heterocycles. The molecule has 0 spiro atoms. The van der Waals surface area contributed by atoms with Crippen LogP contribution in [0.2, 0.25) is 0 Å². The predicted molar refractivity (Wildman–Crippen MR) is 81.5 cm³/mol. The number of esters is 1. The van der Waals surface area contributed by atoms with Gasteiger partial charge in [-0.15, -0.1) is 0 Å². The Balaban J connectivity index is 1.86. The molecule has 0 unspecified atom stereocenters. The maximum absolute atomic E-state index is 11.9. The Morgan fingerprint density at radius 2 is 1.77 bits per heavy atom. The van der Waals surface area contributed by atoms with Gasteiger partial charge in [0.25, 0.3) is 0 Å². The summed E-state index contributed by atoms with van der Waals surface area (Å²) in [5, 5.41) is 2.66. The van der Waals surface area contributed by atoms with Crippen molar-refractivity contribution in [3.8, 4) is 0 Å². The lowest BCUT2D eigenvalue weighted by Gasteiger charge is -2.14. The van der Waals surface area contributed by atoms with Crippen LogP contribution in [-0.4, -0.2) is 42.4 Å². The van der Waals surface area contributed by atoms with Crippen molar-refractivity contribution < 1.29 is 19.1 Å². The van der Waals surface area contributed by atoms with Gasteiger partial charge in [-0.05, 0) is 44.0 Å². The molecule has 2 amide bonds. The average Bonchev–Trinajstić information content (AvgIpc) is 3.02. The van der Waals surface area contributed by atoms with Crippen LogP contribution in [0.4, 0.5) is 5.69 Å². The maximum atomic E-state index is 11.9. The number of carbonyl (C=O) groups is 3. The maximum Gasteiger partial charge on any atom is 0.338 e. The zero-order valence-electron chi connectivity index (χ0n) is 12.6. The Labute approximate surface area is 129 Å². The molecule has 1 aromatic rings. The lowest BCUT2D eigenvalue weighted by atomic mass is 10.2. The molecule has 0 saturated carbocycles. The summed E-state index contributed by atoms with van der Waals surface area (Å²) in [6.45, 7) is 3.53. The number of anilines is 1. The highest BCUT2D eigenvalue weighted by molar-refractivity contribution is 6.03. The van der Waals surface area contributed by atoms with Gasteiger partial charge in [-0.3, -0.25) is 9.59 Å². The SMILES string of the molecule is CCOC(=O)c1ccc(NC(=O)CC(=O)N2CCCC2)cc1. The minimum Gasteiger partial charge on any atom is -0.462 e. The number of benzene rings is 1. The molecule has 1 fully saturated rings. The Morgan fingerprint density at radius 3 is 2.36 bits per heavy atom. The van der Waals surface area contributed by atoms with Crippen LogP contribution in [0.3, 0.4) is 0 Å². The van der Waals surface area contributed by atoms with E-state index in [1.54, 1.807) is 36.1 Å². The van der Waals surface area contributed by atoms with Gasteiger partial charge < -0.3 is 15.0 Å². The van der Waals surface area contributed by atoms with E-state index in [0.717, 1.165) is 25.9 Å². The summed E-state index contributed by atoms with van der Waals surface area (Å²) in [4.78, 5) is 36.9. The number of hydrogen-bond donors (Lipinski definition) is 1. The van der Waals surface area contributed by atoms with Crippen molar-refractivity contribution >= 4 is 23.5 Å². The molecule has 6 heteroatoms. The van der Waals surface area contributed by atoms with Crippen molar-refractivity contribution in [3.05, 3.63) is 29.8 Å². The third-order valence-corrected chi connectivity index (χ3v) is 3.45. The highest BCUT2D eigenvalue weighted by Gasteiger charge is 2.20. The molecule has 1 aliphatic heterocycles. The van der Waals surface area contributed by atoms with E-state index in [4.69, 9.17) is 4.74 Å². The normalized spacial score (nSPS) is 13.8. The average molecular weight is 304 g/mol. The standard InChI is InChI=1S/C16H20N2O4/c1-2-22-16(21)12-5-7-13(8-6-12)17-14(19)11-15(20)18-9-3-4-10-18/h5-8H,2-4,9-11H2,1H3,(H,17,19). The Morgan fingerprint density at radius 1 is 1.14 bits per heavy atom. The monoisotopic (exact) mass is 304 g/mol. The fraction of sp³-hybridized carbons (Fsp3) is 0.438. The number of nitrogens with zero attached hydrogens (tertiary/aromatic N) is 1. The first kappa shape index (κ1) is 16.0. The fourth-order valence-electron chi connectivity index (χ4n) is 2.32. The van der Waals surface area contributed by atoms with Gasteiger partial charge in [0.1, 0.15) is 6.42 Å². The summed E-state index contributed by atoms with van der Waals surface area (Å²) in [5.41, 5.74) is 0.972. The van der Waals surface area contributed by atoms with Crippen LogP contribution in [0.5, 0.6) is 0 Å². The quantitative estimate of drug-likeness (QED) is 0.665. The molecule has 0 aromatic heterocycles. The van der Waals surface area contributed by atoms with E-state index in [-0.39, 0.29) is 18.2 Å². The number of hydrogen-bond acceptors (Lipinski definition) is 4. The lowest BCUT2D eigenvalue weighted by Crippen LogP contribution is -2.31. The first-order chi connectivity index (χ1) is 10.6. The molecule has 0 aliphatic carbocycles. The number of ether oxygens (including phenoxy) is 1. The lowest BCUT2D eigenvalue weighted by molar-refractivity contribution is -0.133. The second-order valence-corrected chi connectivity index (χ2v) is 5.11. The molecule has 1 aromatic carbocycles. The van der Waals surface area contributed by atoms with Crippen LogP contribution >= 0.6 is 0 Å². The van der Waals surface area contributed by atoms with Crippen LogP contribution in [0.15, 0.2) is 24.3 Å². The first-order valence-corrected chi connectivity index (χ1v) is 7.45. The second-order valence-electron chi connectivity index (χ2n) is 5.11. The van der Waals surface area contributed by atoms with E-state index in [1.807, 2.05) is 0 Å². The summed E-state index contributed by atoms with van der Waals surface area (Å²) >= 11 is 0. The second kappa shape index (κ2) is 7.59. The molecule has 22 heavy (non-hydrogen) atoms. The van der Waals surface area contributed by atoms with Gasteiger partial charge in [0.15, 0.2) is 0 Å². The summed E-state index contributed by atoms with van der Waals surface area (Å²) in [5.74, 6) is -0.886.